The molecule has 2 aromatic carbocycles. The smallest absolute Gasteiger partial charge is 0.276 e. The zero-order chi connectivity index (χ0) is 15.1. The fourth-order valence-corrected chi connectivity index (χ4v) is 2.63. The number of rotatable bonds is 2. The molecule has 108 valence electrons. The highest BCUT2D eigenvalue weighted by Gasteiger charge is 2.10. The van der Waals surface area contributed by atoms with E-state index < -0.39 is 0 Å². The molecule has 5 heteroatoms. The topological polar surface area (TPSA) is 59.9 Å². The quantitative estimate of drug-likeness (QED) is 0.618. The molecule has 0 saturated carbocycles. The number of pyridine rings is 1. The molecule has 2 aromatic heterocycles. The van der Waals surface area contributed by atoms with Gasteiger partial charge in [0.1, 0.15) is 5.75 Å². The number of benzene rings is 2. The first-order valence-electron chi connectivity index (χ1n) is 6.91. The molecule has 4 aromatic rings. The number of hydrogen-bond acceptors (Lipinski definition) is 3. The van der Waals surface area contributed by atoms with Gasteiger partial charge in [-0.25, -0.2) is 4.68 Å². The zero-order valence-corrected chi connectivity index (χ0v) is 11.9. The number of H-pyrrole nitrogens is 1. The van der Waals surface area contributed by atoms with Crippen LogP contribution in [0.1, 0.15) is 0 Å². The van der Waals surface area contributed by atoms with Gasteiger partial charge >= 0.3 is 0 Å². The summed E-state index contributed by atoms with van der Waals surface area (Å²) in [5.74, 6) is 0.746. The van der Waals surface area contributed by atoms with Crippen LogP contribution in [0.5, 0.6) is 5.75 Å². The summed E-state index contributed by atoms with van der Waals surface area (Å²) in [6.07, 6.45) is 1.88. The normalized spacial score (nSPS) is 11.1. The van der Waals surface area contributed by atoms with Gasteiger partial charge in [0, 0.05) is 28.6 Å². The van der Waals surface area contributed by atoms with Gasteiger partial charge in [-0.05, 0) is 18.2 Å². The fourth-order valence-electron chi connectivity index (χ4n) is 2.63. The Morgan fingerprint density at radius 3 is 2.82 bits per heavy atom. The number of nitrogens with zero attached hydrogens (tertiary/aromatic N) is 2. The first kappa shape index (κ1) is 12.6. The Bertz CT molecular complexity index is 1050. The summed E-state index contributed by atoms with van der Waals surface area (Å²) in [5.41, 5.74) is 1.90. The summed E-state index contributed by atoms with van der Waals surface area (Å²) in [6, 6.07) is 15.3. The van der Waals surface area contributed by atoms with Crippen molar-refractivity contribution in [1.29, 1.82) is 0 Å². The number of methoxy groups -OCH3 is 1. The molecular weight excluding hydrogens is 278 g/mol. The standard InChI is InChI=1S/C17H13N3O2/c1-22-12-6-4-5-11(9-12)20-10-14-13-7-2-3-8-15(13)18-17(21)16(14)19-20/h2-10H,1H3,(H,18,21). The van der Waals surface area contributed by atoms with Crippen molar-refractivity contribution in [3.05, 3.63) is 65.1 Å². The molecule has 0 fully saturated rings. The second-order valence-corrected chi connectivity index (χ2v) is 5.04. The number of aromatic nitrogens is 3. The van der Waals surface area contributed by atoms with E-state index in [4.69, 9.17) is 4.74 Å². The fraction of sp³-hybridized carbons (Fsp3) is 0.0588. The Morgan fingerprint density at radius 2 is 1.95 bits per heavy atom. The highest BCUT2D eigenvalue weighted by atomic mass is 16.5. The van der Waals surface area contributed by atoms with E-state index in [1.54, 1.807) is 11.8 Å². The summed E-state index contributed by atoms with van der Waals surface area (Å²) in [4.78, 5) is 15.1. The average molecular weight is 291 g/mol. The van der Waals surface area contributed by atoms with Crippen LogP contribution in [0.15, 0.2) is 59.5 Å². The predicted octanol–water partition coefficient (Wildman–Crippen LogP) is 2.88. The lowest BCUT2D eigenvalue weighted by Crippen LogP contribution is -2.06. The molecule has 0 unspecified atom stereocenters. The van der Waals surface area contributed by atoms with Gasteiger partial charge in [0.2, 0.25) is 0 Å². The molecule has 1 N–H and O–H groups in total. The summed E-state index contributed by atoms with van der Waals surface area (Å²) < 4.78 is 6.94. The van der Waals surface area contributed by atoms with Crippen LogP contribution < -0.4 is 10.3 Å². The van der Waals surface area contributed by atoms with Crippen molar-refractivity contribution in [3.63, 3.8) is 0 Å². The van der Waals surface area contributed by atoms with Crippen LogP contribution in [-0.2, 0) is 0 Å². The van der Waals surface area contributed by atoms with Crippen molar-refractivity contribution < 1.29 is 4.74 Å². The molecule has 0 spiro atoms. The molecule has 0 amide bonds. The Labute approximate surface area is 125 Å². The van der Waals surface area contributed by atoms with Crippen molar-refractivity contribution in [2.45, 2.75) is 0 Å². The van der Waals surface area contributed by atoms with Gasteiger partial charge in [-0.15, -0.1) is 0 Å². The molecule has 5 nitrogen and oxygen atoms in total. The van der Waals surface area contributed by atoms with E-state index in [2.05, 4.69) is 10.1 Å². The third kappa shape index (κ3) is 1.87. The minimum absolute atomic E-state index is 0.185. The lowest BCUT2D eigenvalue weighted by atomic mass is 10.1. The molecular formula is C17H13N3O2. The SMILES string of the molecule is COc1cccc(-n2cc3c(n2)c(=O)[nH]c2ccccc23)c1. The molecule has 0 radical (unpaired) electrons. The third-order valence-electron chi connectivity index (χ3n) is 3.71. The van der Waals surface area contributed by atoms with Crippen LogP contribution in [0.2, 0.25) is 0 Å². The molecule has 4 rings (SSSR count). The Hall–Kier alpha value is -3.08. The number of nitrogens with one attached hydrogen (secondary N) is 1. The van der Waals surface area contributed by atoms with E-state index in [9.17, 15) is 4.79 Å². The third-order valence-corrected chi connectivity index (χ3v) is 3.71. The van der Waals surface area contributed by atoms with Gasteiger partial charge in [-0.2, -0.15) is 5.10 Å². The first-order valence-corrected chi connectivity index (χ1v) is 6.91. The number of para-hydroxylation sites is 1. The van der Waals surface area contributed by atoms with Crippen LogP contribution in [0.3, 0.4) is 0 Å². The Kier molecular flexibility index (Phi) is 2.72. The highest BCUT2D eigenvalue weighted by molar-refractivity contribution is 6.03. The van der Waals surface area contributed by atoms with E-state index in [0.29, 0.717) is 5.52 Å². The number of fused-ring (bicyclic) bond motifs is 3. The molecule has 0 aliphatic rings. The summed E-state index contributed by atoms with van der Waals surface area (Å²) in [6.45, 7) is 0. The Morgan fingerprint density at radius 1 is 1.09 bits per heavy atom. The molecule has 0 aliphatic carbocycles. The zero-order valence-electron chi connectivity index (χ0n) is 11.9. The first-order chi connectivity index (χ1) is 10.8. The maximum absolute atomic E-state index is 12.2. The molecule has 0 aliphatic heterocycles. The van der Waals surface area contributed by atoms with Gasteiger partial charge in [0.15, 0.2) is 5.52 Å². The Balaban J connectivity index is 2.02. The monoisotopic (exact) mass is 291 g/mol. The number of ether oxygens (including phenoxy) is 1. The largest absolute Gasteiger partial charge is 0.497 e. The van der Waals surface area contributed by atoms with Gasteiger partial charge in [0.25, 0.3) is 5.56 Å². The molecule has 22 heavy (non-hydrogen) atoms. The van der Waals surface area contributed by atoms with E-state index >= 15 is 0 Å². The van der Waals surface area contributed by atoms with Crippen LogP contribution in [0, 0.1) is 0 Å². The van der Waals surface area contributed by atoms with Crippen LogP contribution in [-0.4, -0.2) is 21.9 Å². The second-order valence-electron chi connectivity index (χ2n) is 5.04. The van der Waals surface area contributed by atoms with Gasteiger partial charge in [-0.1, -0.05) is 24.3 Å². The molecule has 0 atom stereocenters. The van der Waals surface area contributed by atoms with Crippen LogP contribution >= 0.6 is 0 Å². The maximum Gasteiger partial charge on any atom is 0.276 e. The minimum Gasteiger partial charge on any atom is -0.497 e. The van der Waals surface area contributed by atoms with E-state index in [-0.39, 0.29) is 5.56 Å². The van der Waals surface area contributed by atoms with Gasteiger partial charge in [0.05, 0.1) is 12.8 Å². The van der Waals surface area contributed by atoms with E-state index in [1.165, 1.54) is 0 Å². The molecule has 0 bridgehead atoms. The van der Waals surface area contributed by atoms with Crippen molar-refractivity contribution in [2.75, 3.05) is 7.11 Å². The number of aromatic amines is 1. The highest BCUT2D eigenvalue weighted by Crippen LogP contribution is 2.22. The average Bonchev–Trinajstić information content (AvgIpc) is 3.01. The lowest BCUT2D eigenvalue weighted by molar-refractivity contribution is 0.414. The predicted molar refractivity (Wildman–Crippen MR) is 85.7 cm³/mol. The maximum atomic E-state index is 12.2. The molecule has 0 saturated heterocycles. The van der Waals surface area contributed by atoms with Gasteiger partial charge in [-0.3, -0.25) is 4.79 Å². The van der Waals surface area contributed by atoms with Crippen LogP contribution in [0.25, 0.3) is 27.5 Å². The lowest BCUT2D eigenvalue weighted by Gasteiger charge is -2.03. The van der Waals surface area contributed by atoms with Crippen LogP contribution in [0.4, 0.5) is 0 Å². The van der Waals surface area contributed by atoms with E-state index in [1.807, 2.05) is 54.7 Å². The summed E-state index contributed by atoms with van der Waals surface area (Å²) in [7, 11) is 1.62. The van der Waals surface area contributed by atoms with Crippen molar-refractivity contribution in [2.24, 2.45) is 0 Å². The molecule has 2 heterocycles. The van der Waals surface area contributed by atoms with Crippen molar-refractivity contribution in [3.8, 4) is 11.4 Å². The minimum atomic E-state index is -0.185. The van der Waals surface area contributed by atoms with Crippen molar-refractivity contribution >= 4 is 21.8 Å². The van der Waals surface area contributed by atoms with Gasteiger partial charge < -0.3 is 9.72 Å². The summed E-state index contributed by atoms with van der Waals surface area (Å²) >= 11 is 0. The second kappa shape index (κ2) is 4.73. The summed E-state index contributed by atoms with van der Waals surface area (Å²) in [5, 5.41) is 6.24. The van der Waals surface area contributed by atoms with E-state index in [0.717, 1.165) is 27.7 Å². The van der Waals surface area contributed by atoms with Crippen molar-refractivity contribution in [1.82, 2.24) is 14.8 Å². The number of hydrogen-bond donors (Lipinski definition) is 1.